The van der Waals surface area contributed by atoms with E-state index >= 15 is 0 Å². The molecule has 0 bridgehead atoms. The summed E-state index contributed by atoms with van der Waals surface area (Å²) < 4.78 is 0. The van der Waals surface area contributed by atoms with Crippen LogP contribution >= 0.6 is 11.6 Å². The fraction of sp³-hybridized carbons (Fsp3) is 0.364. The molecule has 0 heterocycles. The van der Waals surface area contributed by atoms with Crippen LogP contribution < -0.4 is 0 Å². The van der Waals surface area contributed by atoms with Crippen LogP contribution in [0.25, 0.3) is 0 Å². The third-order valence-electron chi connectivity index (χ3n) is 1.95. The van der Waals surface area contributed by atoms with Crippen molar-refractivity contribution in [2.75, 3.05) is 0 Å². The van der Waals surface area contributed by atoms with Crippen LogP contribution in [0.4, 0.5) is 0 Å². The third kappa shape index (κ3) is 4.09. The lowest BCUT2D eigenvalue weighted by Gasteiger charge is -1.99. The number of rotatable bonds is 5. The second-order valence-corrected chi connectivity index (χ2v) is 3.48. The Morgan fingerprint density at radius 1 is 1.15 bits per heavy atom. The lowest BCUT2D eigenvalue weighted by molar-refractivity contribution is -0.107. The Balaban J connectivity index is 2.28. The highest BCUT2D eigenvalue weighted by atomic mass is 35.5. The molecule has 0 N–H and O–H groups in total. The van der Waals surface area contributed by atoms with E-state index in [1.807, 2.05) is 24.3 Å². The summed E-state index contributed by atoms with van der Waals surface area (Å²) in [6.07, 6.45) is 4.73. The largest absolute Gasteiger partial charge is 0.303 e. The van der Waals surface area contributed by atoms with Gasteiger partial charge in [0.05, 0.1) is 0 Å². The van der Waals surface area contributed by atoms with Gasteiger partial charge in [-0.1, -0.05) is 23.7 Å². The highest BCUT2D eigenvalue weighted by molar-refractivity contribution is 6.30. The molecule has 0 aliphatic rings. The van der Waals surface area contributed by atoms with Crippen LogP contribution in [-0.2, 0) is 11.2 Å². The molecular weight excluding hydrogens is 184 g/mol. The summed E-state index contributed by atoms with van der Waals surface area (Å²) in [7, 11) is 0. The smallest absolute Gasteiger partial charge is 0.119 e. The molecule has 0 radical (unpaired) electrons. The zero-order valence-corrected chi connectivity index (χ0v) is 8.26. The van der Waals surface area contributed by atoms with Gasteiger partial charge in [-0.05, 0) is 37.0 Å². The van der Waals surface area contributed by atoms with Crippen molar-refractivity contribution in [2.24, 2.45) is 0 Å². The molecule has 1 aromatic rings. The summed E-state index contributed by atoms with van der Waals surface area (Å²) in [4.78, 5) is 10.0. The quantitative estimate of drug-likeness (QED) is 0.522. The predicted molar refractivity (Wildman–Crippen MR) is 55.1 cm³/mol. The van der Waals surface area contributed by atoms with Gasteiger partial charge in [-0.2, -0.15) is 0 Å². The molecule has 0 aliphatic carbocycles. The van der Waals surface area contributed by atoms with Crippen molar-refractivity contribution < 1.29 is 4.79 Å². The zero-order valence-electron chi connectivity index (χ0n) is 7.50. The number of hydrogen-bond donors (Lipinski definition) is 0. The first-order valence-corrected chi connectivity index (χ1v) is 4.89. The van der Waals surface area contributed by atoms with E-state index in [1.54, 1.807) is 0 Å². The van der Waals surface area contributed by atoms with Gasteiger partial charge in [0.15, 0.2) is 0 Å². The molecule has 0 saturated heterocycles. The molecule has 0 spiro atoms. The van der Waals surface area contributed by atoms with Crippen molar-refractivity contribution in [1.29, 1.82) is 0 Å². The van der Waals surface area contributed by atoms with E-state index in [4.69, 9.17) is 11.6 Å². The molecule has 2 heteroatoms. The molecule has 0 aliphatic heterocycles. The molecule has 0 saturated carbocycles. The Bertz CT molecular complexity index is 253. The normalized spacial score (nSPS) is 9.92. The Labute approximate surface area is 83.7 Å². The summed E-state index contributed by atoms with van der Waals surface area (Å²) >= 11 is 5.75. The first kappa shape index (κ1) is 10.3. The fourth-order valence-electron chi connectivity index (χ4n) is 1.21. The van der Waals surface area contributed by atoms with E-state index in [0.29, 0.717) is 6.42 Å². The van der Waals surface area contributed by atoms with Gasteiger partial charge >= 0.3 is 0 Å². The first-order valence-electron chi connectivity index (χ1n) is 4.51. The highest BCUT2D eigenvalue weighted by Crippen LogP contribution is 2.11. The monoisotopic (exact) mass is 196 g/mol. The molecule has 13 heavy (non-hydrogen) atoms. The molecule has 1 rings (SSSR count). The number of benzene rings is 1. The van der Waals surface area contributed by atoms with E-state index in [9.17, 15) is 4.79 Å². The number of unbranched alkanes of at least 4 members (excludes halogenated alkanes) is 2. The van der Waals surface area contributed by atoms with Gasteiger partial charge in [0.2, 0.25) is 0 Å². The van der Waals surface area contributed by atoms with Gasteiger partial charge in [-0.3, -0.25) is 0 Å². The van der Waals surface area contributed by atoms with Gasteiger partial charge in [0.1, 0.15) is 6.29 Å². The number of carbonyl (C=O) groups excluding carboxylic acids is 1. The van der Waals surface area contributed by atoms with Crippen molar-refractivity contribution >= 4 is 17.9 Å². The molecule has 0 fully saturated rings. The number of aldehydes is 1. The third-order valence-corrected chi connectivity index (χ3v) is 2.20. The van der Waals surface area contributed by atoms with E-state index in [0.717, 1.165) is 30.6 Å². The van der Waals surface area contributed by atoms with Crippen LogP contribution in [0.2, 0.25) is 5.02 Å². The van der Waals surface area contributed by atoms with Gasteiger partial charge < -0.3 is 4.79 Å². The SMILES string of the molecule is O=CCCCCc1ccc(Cl)cc1. The van der Waals surface area contributed by atoms with Crippen LogP contribution in [0.15, 0.2) is 24.3 Å². The number of hydrogen-bond acceptors (Lipinski definition) is 1. The molecule has 0 amide bonds. The number of halogens is 1. The summed E-state index contributed by atoms with van der Waals surface area (Å²) in [5, 5.41) is 0.775. The number of carbonyl (C=O) groups is 1. The minimum absolute atomic E-state index is 0.674. The molecule has 70 valence electrons. The van der Waals surface area contributed by atoms with Gasteiger partial charge in [0, 0.05) is 11.4 Å². The predicted octanol–water partition coefficient (Wildman–Crippen LogP) is 3.25. The Morgan fingerprint density at radius 3 is 2.46 bits per heavy atom. The molecule has 1 aromatic carbocycles. The maximum atomic E-state index is 10.0. The van der Waals surface area contributed by atoms with Crippen molar-refractivity contribution in [1.82, 2.24) is 0 Å². The summed E-state index contributed by atoms with van der Waals surface area (Å²) in [5.74, 6) is 0. The minimum atomic E-state index is 0.674. The van der Waals surface area contributed by atoms with Gasteiger partial charge in [-0.25, -0.2) is 0 Å². The molecular formula is C11H13ClO. The maximum Gasteiger partial charge on any atom is 0.119 e. The topological polar surface area (TPSA) is 17.1 Å². The average molecular weight is 197 g/mol. The Hall–Kier alpha value is -0.820. The Morgan fingerprint density at radius 2 is 1.85 bits per heavy atom. The van der Waals surface area contributed by atoms with Crippen molar-refractivity contribution in [3.05, 3.63) is 34.9 Å². The second-order valence-electron chi connectivity index (χ2n) is 3.04. The lowest BCUT2D eigenvalue weighted by atomic mass is 10.1. The van der Waals surface area contributed by atoms with Crippen LogP contribution in [0.5, 0.6) is 0 Å². The zero-order chi connectivity index (χ0) is 9.52. The summed E-state index contributed by atoms with van der Waals surface area (Å²) in [5.41, 5.74) is 1.29. The summed E-state index contributed by atoms with van der Waals surface area (Å²) in [6, 6.07) is 7.86. The number of aryl methyl sites for hydroxylation is 1. The molecule has 0 aromatic heterocycles. The van der Waals surface area contributed by atoms with Gasteiger partial charge in [0.25, 0.3) is 0 Å². The van der Waals surface area contributed by atoms with E-state index in [-0.39, 0.29) is 0 Å². The first-order chi connectivity index (χ1) is 6.33. The Kier molecular flexibility index (Phi) is 4.55. The second kappa shape index (κ2) is 5.76. The van der Waals surface area contributed by atoms with Gasteiger partial charge in [-0.15, -0.1) is 0 Å². The van der Waals surface area contributed by atoms with E-state index < -0.39 is 0 Å². The van der Waals surface area contributed by atoms with E-state index in [2.05, 4.69) is 0 Å². The van der Waals surface area contributed by atoms with Crippen LogP contribution in [0.1, 0.15) is 24.8 Å². The average Bonchev–Trinajstić information content (AvgIpc) is 2.15. The van der Waals surface area contributed by atoms with Crippen molar-refractivity contribution in [3.63, 3.8) is 0 Å². The minimum Gasteiger partial charge on any atom is -0.303 e. The molecule has 1 nitrogen and oxygen atoms in total. The standard InChI is InChI=1S/C11H13ClO/c12-11-7-5-10(6-8-11)4-2-1-3-9-13/h5-9H,1-4H2. The van der Waals surface area contributed by atoms with Crippen molar-refractivity contribution in [3.8, 4) is 0 Å². The van der Waals surface area contributed by atoms with Crippen LogP contribution in [-0.4, -0.2) is 6.29 Å². The van der Waals surface area contributed by atoms with Crippen LogP contribution in [0.3, 0.4) is 0 Å². The highest BCUT2D eigenvalue weighted by Gasteiger charge is 1.93. The molecule has 0 atom stereocenters. The van der Waals surface area contributed by atoms with E-state index in [1.165, 1.54) is 5.56 Å². The van der Waals surface area contributed by atoms with Crippen LogP contribution in [0, 0.1) is 0 Å². The molecule has 0 unspecified atom stereocenters. The lowest BCUT2D eigenvalue weighted by Crippen LogP contribution is -1.85. The summed E-state index contributed by atoms with van der Waals surface area (Å²) in [6.45, 7) is 0. The fourth-order valence-corrected chi connectivity index (χ4v) is 1.33. The maximum absolute atomic E-state index is 10.0. The van der Waals surface area contributed by atoms with Crippen molar-refractivity contribution in [2.45, 2.75) is 25.7 Å².